The van der Waals surface area contributed by atoms with Crippen LogP contribution in [0.1, 0.15) is 12.5 Å². The highest BCUT2D eigenvalue weighted by Gasteiger charge is 2.11. The van der Waals surface area contributed by atoms with E-state index in [2.05, 4.69) is 27.8 Å². The van der Waals surface area contributed by atoms with Crippen LogP contribution < -0.4 is 10.6 Å². The zero-order valence-corrected chi connectivity index (χ0v) is 15.9. The first kappa shape index (κ1) is 18.4. The molecule has 6 nitrogen and oxygen atoms in total. The van der Waals surface area contributed by atoms with Crippen molar-refractivity contribution in [2.75, 3.05) is 10.6 Å². The van der Waals surface area contributed by atoms with Crippen LogP contribution in [0.25, 0.3) is 22.9 Å². The standard InChI is InChI=1S/C23H20N4O2/c1-2-16-11-13-19(14-12-16)24-23(28)25-20-10-6-9-18(15-20)22-27-26-21(29-22)17-7-4-3-5-8-17/h3-15H,2H2,1H3,(H2,24,25,28). The van der Waals surface area contributed by atoms with Crippen LogP contribution in [0.2, 0.25) is 0 Å². The van der Waals surface area contributed by atoms with E-state index in [1.165, 1.54) is 5.56 Å². The monoisotopic (exact) mass is 384 g/mol. The lowest BCUT2D eigenvalue weighted by molar-refractivity contribution is 0.262. The summed E-state index contributed by atoms with van der Waals surface area (Å²) in [5.74, 6) is 0.843. The van der Waals surface area contributed by atoms with Crippen molar-refractivity contribution in [2.45, 2.75) is 13.3 Å². The number of aryl methyl sites for hydroxylation is 1. The number of amides is 2. The van der Waals surface area contributed by atoms with Crippen LogP contribution in [0, 0.1) is 0 Å². The Kier molecular flexibility index (Phi) is 5.33. The first-order chi connectivity index (χ1) is 14.2. The zero-order chi connectivity index (χ0) is 20.1. The summed E-state index contributed by atoms with van der Waals surface area (Å²) in [6.07, 6.45) is 0.959. The van der Waals surface area contributed by atoms with Crippen molar-refractivity contribution in [1.82, 2.24) is 10.2 Å². The Bertz CT molecular complexity index is 1110. The molecule has 0 unspecified atom stereocenters. The summed E-state index contributed by atoms with van der Waals surface area (Å²) in [6, 6.07) is 24.3. The molecule has 4 aromatic rings. The maximum atomic E-state index is 12.3. The molecule has 144 valence electrons. The third-order valence-electron chi connectivity index (χ3n) is 4.43. The summed E-state index contributed by atoms with van der Waals surface area (Å²) >= 11 is 0. The first-order valence-corrected chi connectivity index (χ1v) is 9.37. The van der Waals surface area contributed by atoms with E-state index in [0.29, 0.717) is 17.5 Å². The summed E-state index contributed by atoms with van der Waals surface area (Å²) < 4.78 is 5.78. The number of carbonyl (C=O) groups excluding carboxylic acids is 1. The van der Waals surface area contributed by atoms with Crippen molar-refractivity contribution >= 4 is 17.4 Å². The topological polar surface area (TPSA) is 80.0 Å². The van der Waals surface area contributed by atoms with Crippen LogP contribution in [-0.2, 0) is 6.42 Å². The molecule has 29 heavy (non-hydrogen) atoms. The molecule has 0 bridgehead atoms. The molecule has 1 aromatic heterocycles. The number of benzene rings is 3. The van der Waals surface area contributed by atoms with Gasteiger partial charge in [0.15, 0.2) is 0 Å². The second kappa shape index (κ2) is 8.39. The molecule has 6 heteroatoms. The molecule has 0 radical (unpaired) electrons. The Labute approximate surface area is 168 Å². The second-order valence-electron chi connectivity index (χ2n) is 6.49. The van der Waals surface area contributed by atoms with Crippen LogP contribution in [0.3, 0.4) is 0 Å². The van der Waals surface area contributed by atoms with Crippen LogP contribution in [0.5, 0.6) is 0 Å². The minimum Gasteiger partial charge on any atom is -0.416 e. The van der Waals surface area contributed by atoms with Gasteiger partial charge in [-0.15, -0.1) is 10.2 Å². The average molecular weight is 384 g/mol. The van der Waals surface area contributed by atoms with Crippen molar-refractivity contribution in [1.29, 1.82) is 0 Å². The van der Waals surface area contributed by atoms with E-state index in [0.717, 1.165) is 23.2 Å². The maximum absolute atomic E-state index is 12.3. The highest BCUT2D eigenvalue weighted by atomic mass is 16.4. The molecule has 4 rings (SSSR count). The molecule has 3 aromatic carbocycles. The predicted molar refractivity (Wildman–Crippen MR) is 114 cm³/mol. The number of carbonyl (C=O) groups is 1. The lowest BCUT2D eigenvalue weighted by atomic mass is 10.1. The Morgan fingerprint density at radius 3 is 2.17 bits per heavy atom. The van der Waals surface area contributed by atoms with Gasteiger partial charge in [0.05, 0.1) is 0 Å². The summed E-state index contributed by atoms with van der Waals surface area (Å²) in [5, 5.41) is 13.9. The SMILES string of the molecule is CCc1ccc(NC(=O)Nc2cccc(-c3nnc(-c4ccccc4)o3)c2)cc1. The number of aromatic nitrogens is 2. The van der Waals surface area contributed by atoms with Crippen LogP contribution in [0.15, 0.2) is 83.3 Å². The van der Waals surface area contributed by atoms with Gasteiger partial charge in [0.1, 0.15) is 0 Å². The van der Waals surface area contributed by atoms with E-state index in [4.69, 9.17) is 4.42 Å². The number of nitrogens with one attached hydrogen (secondary N) is 2. The lowest BCUT2D eigenvalue weighted by Gasteiger charge is -2.09. The number of hydrogen-bond acceptors (Lipinski definition) is 4. The fourth-order valence-electron chi connectivity index (χ4n) is 2.88. The molecule has 0 spiro atoms. The van der Waals surface area contributed by atoms with Gasteiger partial charge < -0.3 is 15.1 Å². The second-order valence-corrected chi connectivity index (χ2v) is 6.49. The van der Waals surface area contributed by atoms with Crippen LogP contribution >= 0.6 is 0 Å². The van der Waals surface area contributed by atoms with E-state index in [-0.39, 0.29) is 6.03 Å². The van der Waals surface area contributed by atoms with Gasteiger partial charge >= 0.3 is 6.03 Å². The largest absolute Gasteiger partial charge is 0.416 e. The molecule has 1 heterocycles. The fraction of sp³-hybridized carbons (Fsp3) is 0.0870. The Morgan fingerprint density at radius 2 is 1.45 bits per heavy atom. The van der Waals surface area contributed by atoms with Gasteiger partial charge in [0.25, 0.3) is 0 Å². The minimum absolute atomic E-state index is 0.318. The molecule has 0 aliphatic carbocycles. The molecular weight excluding hydrogens is 364 g/mol. The van der Waals surface area contributed by atoms with Crippen molar-refractivity contribution in [3.63, 3.8) is 0 Å². The molecule has 2 N–H and O–H groups in total. The number of anilines is 2. The summed E-state index contributed by atoms with van der Waals surface area (Å²) in [6.45, 7) is 2.09. The van der Waals surface area contributed by atoms with Gasteiger partial charge in [-0.05, 0) is 54.4 Å². The highest BCUT2D eigenvalue weighted by molar-refractivity contribution is 6.00. The molecule has 2 amide bonds. The third kappa shape index (κ3) is 4.50. The van der Waals surface area contributed by atoms with Crippen molar-refractivity contribution in [2.24, 2.45) is 0 Å². The van der Waals surface area contributed by atoms with Gasteiger partial charge in [-0.3, -0.25) is 0 Å². The fourth-order valence-corrected chi connectivity index (χ4v) is 2.88. The maximum Gasteiger partial charge on any atom is 0.323 e. The predicted octanol–water partition coefficient (Wildman–Crippen LogP) is 5.61. The molecule has 0 saturated heterocycles. The summed E-state index contributed by atoms with van der Waals surface area (Å²) in [4.78, 5) is 12.3. The van der Waals surface area contributed by atoms with Gasteiger partial charge in [-0.25, -0.2) is 4.79 Å². The van der Waals surface area contributed by atoms with Gasteiger partial charge in [-0.2, -0.15) is 0 Å². The quantitative estimate of drug-likeness (QED) is 0.469. The van der Waals surface area contributed by atoms with Crippen molar-refractivity contribution < 1.29 is 9.21 Å². The summed E-state index contributed by atoms with van der Waals surface area (Å²) in [7, 11) is 0. The minimum atomic E-state index is -0.318. The average Bonchev–Trinajstić information content (AvgIpc) is 3.25. The smallest absolute Gasteiger partial charge is 0.323 e. The molecule has 0 aliphatic heterocycles. The Balaban J connectivity index is 1.46. The van der Waals surface area contributed by atoms with Gasteiger partial charge in [0.2, 0.25) is 11.8 Å². The zero-order valence-electron chi connectivity index (χ0n) is 15.9. The lowest BCUT2D eigenvalue weighted by Crippen LogP contribution is -2.19. The van der Waals surface area contributed by atoms with Gasteiger partial charge in [-0.1, -0.05) is 43.3 Å². The highest BCUT2D eigenvalue weighted by Crippen LogP contribution is 2.25. The Hall–Kier alpha value is -3.93. The molecule has 0 fully saturated rings. The molecule has 0 aliphatic rings. The van der Waals surface area contributed by atoms with Crippen LogP contribution in [0.4, 0.5) is 16.2 Å². The number of nitrogens with zero attached hydrogens (tertiary/aromatic N) is 2. The third-order valence-corrected chi connectivity index (χ3v) is 4.43. The van der Waals surface area contributed by atoms with Gasteiger partial charge in [0, 0.05) is 22.5 Å². The first-order valence-electron chi connectivity index (χ1n) is 9.37. The van der Waals surface area contributed by atoms with Crippen LogP contribution in [-0.4, -0.2) is 16.2 Å². The summed E-state index contributed by atoms with van der Waals surface area (Å²) in [5.41, 5.74) is 4.17. The Morgan fingerprint density at radius 1 is 0.793 bits per heavy atom. The number of hydrogen-bond donors (Lipinski definition) is 2. The molecular formula is C23H20N4O2. The van der Waals surface area contributed by atoms with E-state index in [9.17, 15) is 4.79 Å². The number of rotatable bonds is 5. The van der Waals surface area contributed by atoms with Crippen molar-refractivity contribution in [3.05, 3.63) is 84.4 Å². The normalized spacial score (nSPS) is 10.5. The van der Waals surface area contributed by atoms with E-state index < -0.39 is 0 Å². The molecule has 0 saturated carbocycles. The van der Waals surface area contributed by atoms with E-state index >= 15 is 0 Å². The number of urea groups is 1. The van der Waals surface area contributed by atoms with Crippen molar-refractivity contribution in [3.8, 4) is 22.9 Å². The van der Waals surface area contributed by atoms with E-state index in [1.54, 1.807) is 12.1 Å². The van der Waals surface area contributed by atoms with E-state index in [1.807, 2.05) is 66.7 Å². The molecule has 0 atom stereocenters.